The van der Waals surface area contributed by atoms with Crippen LogP contribution >= 0.6 is 0 Å². The van der Waals surface area contributed by atoms with Gasteiger partial charge in [0.15, 0.2) is 5.78 Å². The van der Waals surface area contributed by atoms with E-state index in [0.717, 1.165) is 18.5 Å². The number of carbonyl (C=O) groups is 1. The Morgan fingerprint density at radius 2 is 2.00 bits per heavy atom. The van der Waals surface area contributed by atoms with Gasteiger partial charge in [-0.3, -0.25) is 9.78 Å². The molecule has 0 fully saturated rings. The van der Waals surface area contributed by atoms with E-state index in [4.69, 9.17) is 9.47 Å². The normalized spacial score (nSPS) is 15.0. The molecule has 1 heterocycles. The number of hydrogen-bond acceptors (Lipinski definition) is 4. The predicted octanol–water partition coefficient (Wildman–Crippen LogP) is 4.99. The maximum absolute atomic E-state index is 12.7. The molecule has 1 aromatic heterocycles. The van der Waals surface area contributed by atoms with Crippen molar-refractivity contribution in [3.63, 3.8) is 0 Å². The van der Waals surface area contributed by atoms with Gasteiger partial charge in [0.25, 0.3) is 0 Å². The summed E-state index contributed by atoms with van der Waals surface area (Å²) < 4.78 is 11.2. The molecule has 0 spiro atoms. The van der Waals surface area contributed by atoms with E-state index >= 15 is 0 Å². The largest absolute Gasteiger partial charge is 0.359 e. The van der Waals surface area contributed by atoms with Gasteiger partial charge < -0.3 is 9.47 Å². The van der Waals surface area contributed by atoms with Crippen molar-refractivity contribution in [1.82, 2.24) is 4.98 Å². The lowest BCUT2D eigenvalue weighted by molar-refractivity contribution is -0.174. The fraction of sp³-hybridized carbons (Fsp3) is 0.727. The van der Waals surface area contributed by atoms with Crippen LogP contribution in [-0.2, 0) is 27.1 Å². The molecule has 0 amide bonds. The van der Waals surface area contributed by atoms with Gasteiger partial charge in [-0.05, 0) is 55.7 Å². The zero-order valence-corrected chi connectivity index (χ0v) is 17.5. The number of nitrogens with zero attached hydrogens (tertiary/aromatic N) is 1. The van der Waals surface area contributed by atoms with Crippen LogP contribution < -0.4 is 0 Å². The van der Waals surface area contributed by atoms with Crippen molar-refractivity contribution in [3.05, 3.63) is 29.6 Å². The molecule has 26 heavy (non-hydrogen) atoms. The lowest BCUT2D eigenvalue weighted by Crippen LogP contribution is -2.49. The van der Waals surface area contributed by atoms with Crippen LogP contribution in [0.5, 0.6) is 0 Å². The number of rotatable bonds is 13. The summed E-state index contributed by atoms with van der Waals surface area (Å²) in [5.74, 6) is 0.616. The molecule has 0 N–H and O–H groups in total. The van der Waals surface area contributed by atoms with Gasteiger partial charge in [-0.1, -0.05) is 40.5 Å². The number of methoxy groups -OCH3 is 1. The molecular weight excluding hydrogens is 326 g/mol. The van der Waals surface area contributed by atoms with Crippen LogP contribution in [0.15, 0.2) is 18.3 Å². The summed E-state index contributed by atoms with van der Waals surface area (Å²) in [6.07, 6.45) is 7.94. The predicted molar refractivity (Wildman–Crippen MR) is 106 cm³/mol. The number of pyridine rings is 1. The van der Waals surface area contributed by atoms with Crippen LogP contribution in [0, 0.1) is 11.8 Å². The summed E-state index contributed by atoms with van der Waals surface area (Å²) in [4.78, 5) is 17.2. The third kappa shape index (κ3) is 6.81. The summed E-state index contributed by atoms with van der Waals surface area (Å²) >= 11 is 0. The van der Waals surface area contributed by atoms with Gasteiger partial charge in [0.2, 0.25) is 0 Å². The number of ketones is 1. The van der Waals surface area contributed by atoms with Gasteiger partial charge >= 0.3 is 0 Å². The molecule has 2 atom stereocenters. The number of aryl methyl sites for hydroxylation is 1. The number of Topliss-reactive ketones (excluding diaryl/α,β-unsaturated/α-hetero) is 1. The third-order valence-electron chi connectivity index (χ3n) is 5.05. The zero-order valence-electron chi connectivity index (χ0n) is 17.5. The molecule has 4 nitrogen and oxygen atoms in total. The smallest absolute Gasteiger partial charge is 0.162 e. The standard InChI is InChI=1S/C22H37NO3/c1-7-8-9-10-20-11-12-23-21(14-20)15-22(19(5)24,26-16-25-6)18(4)13-17(2)3/h11-12,14,17-18H,7-10,13,15-16H2,1-6H3. The highest BCUT2D eigenvalue weighted by Gasteiger charge is 2.43. The molecule has 0 bridgehead atoms. The summed E-state index contributed by atoms with van der Waals surface area (Å²) in [6.45, 7) is 10.4. The molecule has 0 aliphatic carbocycles. The second kappa shape index (κ2) is 11.5. The molecule has 0 aliphatic heterocycles. The summed E-state index contributed by atoms with van der Waals surface area (Å²) in [7, 11) is 1.59. The first-order valence-electron chi connectivity index (χ1n) is 9.93. The van der Waals surface area contributed by atoms with Crippen LogP contribution in [0.2, 0.25) is 0 Å². The molecule has 4 heteroatoms. The molecule has 2 unspecified atom stereocenters. The third-order valence-corrected chi connectivity index (χ3v) is 5.05. The first kappa shape index (κ1) is 22.8. The highest BCUT2D eigenvalue weighted by atomic mass is 16.7. The topological polar surface area (TPSA) is 48.4 Å². The van der Waals surface area contributed by atoms with Gasteiger partial charge in [-0.25, -0.2) is 0 Å². The number of carbonyl (C=O) groups excluding carboxylic acids is 1. The number of unbranched alkanes of at least 4 members (excludes halogenated alkanes) is 2. The molecular formula is C22H37NO3. The van der Waals surface area contributed by atoms with E-state index in [1.807, 2.05) is 6.20 Å². The minimum atomic E-state index is -0.894. The minimum absolute atomic E-state index is 0.0425. The molecule has 0 aromatic carbocycles. The van der Waals surface area contributed by atoms with E-state index in [0.29, 0.717) is 12.3 Å². The molecule has 0 radical (unpaired) electrons. The van der Waals surface area contributed by atoms with Crippen molar-refractivity contribution >= 4 is 5.78 Å². The van der Waals surface area contributed by atoms with Crippen molar-refractivity contribution in [3.8, 4) is 0 Å². The highest BCUT2D eigenvalue weighted by molar-refractivity contribution is 5.85. The Morgan fingerprint density at radius 3 is 2.58 bits per heavy atom. The van der Waals surface area contributed by atoms with Crippen LogP contribution in [0.1, 0.15) is 71.6 Å². The quantitative estimate of drug-likeness (QED) is 0.366. The average Bonchev–Trinajstić information content (AvgIpc) is 2.58. The number of ether oxygens (including phenoxy) is 2. The van der Waals surface area contributed by atoms with Gasteiger partial charge in [-0.15, -0.1) is 0 Å². The van der Waals surface area contributed by atoms with E-state index in [-0.39, 0.29) is 18.5 Å². The van der Waals surface area contributed by atoms with Crippen LogP contribution in [0.3, 0.4) is 0 Å². The Labute approximate surface area is 159 Å². The first-order valence-corrected chi connectivity index (χ1v) is 9.93. The minimum Gasteiger partial charge on any atom is -0.359 e. The van der Waals surface area contributed by atoms with Crippen molar-refractivity contribution in [2.24, 2.45) is 11.8 Å². The maximum Gasteiger partial charge on any atom is 0.162 e. The van der Waals surface area contributed by atoms with Crippen LogP contribution in [0.4, 0.5) is 0 Å². The Morgan fingerprint density at radius 1 is 1.27 bits per heavy atom. The SMILES string of the molecule is CCCCCc1ccnc(CC(OCOC)(C(C)=O)C(C)CC(C)C)c1. The van der Waals surface area contributed by atoms with Gasteiger partial charge in [0.1, 0.15) is 12.4 Å². The van der Waals surface area contributed by atoms with Gasteiger partial charge in [0.05, 0.1) is 0 Å². The van der Waals surface area contributed by atoms with Gasteiger partial charge in [-0.2, -0.15) is 0 Å². The zero-order chi connectivity index (χ0) is 19.6. The summed E-state index contributed by atoms with van der Waals surface area (Å²) in [5, 5.41) is 0. The molecule has 148 valence electrons. The molecule has 0 aliphatic rings. The number of aromatic nitrogens is 1. The van der Waals surface area contributed by atoms with Crippen molar-refractivity contribution in [2.75, 3.05) is 13.9 Å². The Hall–Kier alpha value is -1.26. The Kier molecular flexibility index (Phi) is 10.0. The van der Waals surface area contributed by atoms with E-state index in [1.165, 1.54) is 24.8 Å². The van der Waals surface area contributed by atoms with Crippen molar-refractivity contribution < 1.29 is 14.3 Å². The molecule has 0 saturated heterocycles. The summed E-state index contributed by atoms with van der Waals surface area (Å²) in [6, 6.07) is 4.20. The lowest BCUT2D eigenvalue weighted by Gasteiger charge is -2.37. The molecule has 1 aromatic rings. The summed E-state index contributed by atoms with van der Waals surface area (Å²) in [5.41, 5.74) is 1.31. The fourth-order valence-electron chi connectivity index (χ4n) is 3.63. The molecule has 1 rings (SSSR count). The van der Waals surface area contributed by atoms with E-state index in [1.54, 1.807) is 14.0 Å². The van der Waals surface area contributed by atoms with E-state index in [2.05, 4.69) is 44.8 Å². The van der Waals surface area contributed by atoms with Gasteiger partial charge in [0, 0.05) is 25.4 Å². The van der Waals surface area contributed by atoms with Crippen LogP contribution in [-0.4, -0.2) is 30.3 Å². The second-order valence-corrected chi connectivity index (χ2v) is 7.82. The first-order chi connectivity index (χ1) is 12.4. The lowest BCUT2D eigenvalue weighted by atomic mass is 9.77. The second-order valence-electron chi connectivity index (χ2n) is 7.82. The monoisotopic (exact) mass is 363 g/mol. The average molecular weight is 364 g/mol. The van der Waals surface area contributed by atoms with Crippen molar-refractivity contribution in [2.45, 2.75) is 78.7 Å². The van der Waals surface area contributed by atoms with E-state index in [9.17, 15) is 4.79 Å². The van der Waals surface area contributed by atoms with Crippen LogP contribution in [0.25, 0.3) is 0 Å². The maximum atomic E-state index is 12.7. The Balaban J connectivity index is 3.07. The highest BCUT2D eigenvalue weighted by Crippen LogP contribution is 2.32. The van der Waals surface area contributed by atoms with E-state index < -0.39 is 5.60 Å². The number of hydrogen-bond donors (Lipinski definition) is 0. The Bertz CT molecular complexity index is 544. The fourth-order valence-corrected chi connectivity index (χ4v) is 3.63. The molecule has 0 saturated carbocycles. The van der Waals surface area contributed by atoms with Crippen molar-refractivity contribution in [1.29, 1.82) is 0 Å².